The Hall–Kier alpha value is -1.40. The Morgan fingerprint density at radius 1 is 1.20 bits per heavy atom. The molecule has 0 aromatic carbocycles. The molecular weight excluding hydrogens is 336 g/mol. The highest BCUT2D eigenvalue weighted by atomic mass is 32.1. The van der Waals surface area contributed by atoms with Crippen LogP contribution in [-0.4, -0.2) is 25.0 Å². The van der Waals surface area contributed by atoms with Crippen molar-refractivity contribution in [2.45, 2.75) is 64.9 Å². The van der Waals surface area contributed by atoms with Crippen molar-refractivity contribution < 1.29 is 14.3 Å². The van der Waals surface area contributed by atoms with Crippen LogP contribution in [0.5, 0.6) is 0 Å². The van der Waals surface area contributed by atoms with Crippen molar-refractivity contribution in [3.8, 4) is 0 Å². The summed E-state index contributed by atoms with van der Waals surface area (Å²) >= 11 is 1.50. The number of hydrogen-bond acceptors (Lipinski definition) is 4. The zero-order valence-corrected chi connectivity index (χ0v) is 15.8. The summed E-state index contributed by atoms with van der Waals surface area (Å²) in [7, 11) is 0. The van der Waals surface area contributed by atoms with E-state index in [9.17, 15) is 9.59 Å². The number of amides is 2. The monoisotopic (exact) mass is 364 g/mol. The molecule has 6 heteroatoms. The number of nitrogens with one attached hydrogen (secondary N) is 2. The van der Waals surface area contributed by atoms with Gasteiger partial charge in [0.15, 0.2) is 0 Å². The Balaban J connectivity index is 1.80. The van der Waals surface area contributed by atoms with Crippen molar-refractivity contribution in [1.29, 1.82) is 0 Å². The molecule has 0 saturated heterocycles. The van der Waals surface area contributed by atoms with E-state index in [1.54, 1.807) is 0 Å². The molecule has 138 valence electrons. The zero-order chi connectivity index (χ0) is 17.6. The first kappa shape index (κ1) is 18.4. The summed E-state index contributed by atoms with van der Waals surface area (Å²) in [6.45, 7) is 3.85. The minimum Gasteiger partial charge on any atom is -0.376 e. The van der Waals surface area contributed by atoms with Gasteiger partial charge in [0.2, 0.25) is 5.91 Å². The Bertz CT molecular complexity index is 618. The van der Waals surface area contributed by atoms with Gasteiger partial charge in [0, 0.05) is 17.3 Å². The highest BCUT2D eigenvalue weighted by Gasteiger charge is 2.28. The number of hydrogen-bond donors (Lipinski definition) is 2. The minimum absolute atomic E-state index is 0.0718. The van der Waals surface area contributed by atoms with Crippen LogP contribution in [0, 0.1) is 5.92 Å². The molecule has 0 spiro atoms. The fourth-order valence-electron chi connectivity index (χ4n) is 3.64. The molecule has 3 rings (SSSR count). The standard InChI is InChI=1S/C19H28N2O3S/c1-2-10-20-18(23)16-14-9-11-24-12-15(14)25-19(16)21-17(22)13-7-5-3-4-6-8-13/h13H,2-12H2,1H3,(H,20,23)(H,21,22). The predicted octanol–water partition coefficient (Wildman–Crippen LogP) is 3.87. The van der Waals surface area contributed by atoms with Gasteiger partial charge in [0.05, 0.1) is 18.8 Å². The van der Waals surface area contributed by atoms with E-state index in [-0.39, 0.29) is 17.7 Å². The summed E-state index contributed by atoms with van der Waals surface area (Å²) in [4.78, 5) is 26.5. The van der Waals surface area contributed by atoms with Crippen LogP contribution in [0.1, 0.15) is 72.7 Å². The van der Waals surface area contributed by atoms with Gasteiger partial charge in [-0.3, -0.25) is 9.59 Å². The number of thiophene rings is 1. The second kappa shape index (κ2) is 8.81. The lowest BCUT2D eigenvalue weighted by atomic mass is 9.99. The maximum absolute atomic E-state index is 12.8. The van der Waals surface area contributed by atoms with Gasteiger partial charge in [0.1, 0.15) is 5.00 Å². The van der Waals surface area contributed by atoms with Crippen LogP contribution in [0.15, 0.2) is 0 Å². The van der Waals surface area contributed by atoms with Gasteiger partial charge in [-0.25, -0.2) is 0 Å². The van der Waals surface area contributed by atoms with Crippen molar-refractivity contribution in [2.24, 2.45) is 5.92 Å². The molecular formula is C19H28N2O3S. The van der Waals surface area contributed by atoms with Crippen LogP contribution in [0.3, 0.4) is 0 Å². The third kappa shape index (κ3) is 4.42. The molecule has 1 aliphatic heterocycles. The summed E-state index contributed by atoms with van der Waals surface area (Å²) in [5.74, 6) is 0.0767. The van der Waals surface area contributed by atoms with Crippen LogP contribution in [0.4, 0.5) is 5.00 Å². The molecule has 1 saturated carbocycles. The molecule has 0 unspecified atom stereocenters. The molecule has 0 bridgehead atoms. The Morgan fingerprint density at radius 3 is 2.68 bits per heavy atom. The second-order valence-corrected chi connectivity index (χ2v) is 8.05. The molecule has 0 atom stereocenters. The number of fused-ring (bicyclic) bond motifs is 1. The van der Waals surface area contributed by atoms with Crippen LogP contribution < -0.4 is 10.6 Å². The Kier molecular flexibility index (Phi) is 6.48. The highest BCUT2D eigenvalue weighted by molar-refractivity contribution is 7.17. The minimum atomic E-state index is -0.0718. The zero-order valence-electron chi connectivity index (χ0n) is 15.0. The largest absolute Gasteiger partial charge is 0.376 e. The lowest BCUT2D eigenvalue weighted by Crippen LogP contribution is -2.28. The van der Waals surface area contributed by atoms with Crippen molar-refractivity contribution in [2.75, 3.05) is 18.5 Å². The molecule has 25 heavy (non-hydrogen) atoms. The fraction of sp³-hybridized carbons (Fsp3) is 0.684. The molecule has 2 heterocycles. The lowest BCUT2D eigenvalue weighted by molar-refractivity contribution is -0.120. The van der Waals surface area contributed by atoms with Crippen molar-refractivity contribution in [3.63, 3.8) is 0 Å². The van der Waals surface area contributed by atoms with Gasteiger partial charge in [-0.1, -0.05) is 32.6 Å². The van der Waals surface area contributed by atoms with E-state index in [1.807, 2.05) is 6.92 Å². The molecule has 1 aromatic heterocycles. The quantitative estimate of drug-likeness (QED) is 0.780. The Morgan fingerprint density at radius 2 is 1.96 bits per heavy atom. The van der Waals surface area contributed by atoms with Gasteiger partial charge in [-0.05, 0) is 31.2 Å². The lowest BCUT2D eigenvalue weighted by Gasteiger charge is -2.15. The third-order valence-corrected chi connectivity index (χ3v) is 6.17. The smallest absolute Gasteiger partial charge is 0.254 e. The first-order chi connectivity index (χ1) is 12.2. The van der Waals surface area contributed by atoms with Crippen molar-refractivity contribution in [3.05, 3.63) is 16.0 Å². The average molecular weight is 365 g/mol. The summed E-state index contributed by atoms with van der Waals surface area (Å²) < 4.78 is 5.53. The molecule has 2 amide bonds. The van der Waals surface area contributed by atoms with E-state index in [0.717, 1.165) is 49.0 Å². The van der Waals surface area contributed by atoms with Gasteiger partial charge < -0.3 is 15.4 Å². The second-order valence-electron chi connectivity index (χ2n) is 6.94. The molecule has 5 nitrogen and oxygen atoms in total. The number of carbonyl (C=O) groups excluding carboxylic acids is 2. The molecule has 0 radical (unpaired) electrons. The molecule has 1 aromatic rings. The van der Waals surface area contributed by atoms with Gasteiger partial charge in [-0.2, -0.15) is 0 Å². The van der Waals surface area contributed by atoms with Gasteiger partial charge in [0.25, 0.3) is 5.91 Å². The Labute approximate surface area is 153 Å². The number of anilines is 1. The van der Waals surface area contributed by atoms with E-state index in [4.69, 9.17) is 4.74 Å². The van der Waals surface area contributed by atoms with E-state index < -0.39 is 0 Å². The van der Waals surface area contributed by atoms with Crippen LogP contribution in [0.2, 0.25) is 0 Å². The molecule has 2 aliphatic rings. The number of ether oxygens (including phenoxy) is 1. The molecule has 2 N–H and O–H groups in total. The van der Waals surface area contributed by atoms with Crippen LogP contribution in [0.25, 0.3) is 0 Å². The molecule has 1 aliphatic carbocycles. The summed E-state index contributed by atoms with van der Waals surface area (Å²) in [6.07, 6.45) is 8.23. The fourth-order valence-corrected chi connectivity index (χ4v) is 4.83. The summed E-state index contributed by atoms with van der Waals surface area (Å²) in [6, 6.07) is 0. The number of carbonyl (C=O) groups is 2. The summed E-state index contributed by atoms with van der Waals surface area (Å²) in [5, 5.41) is 6.76. The maximum atomic E-state index is 12.8. The SMILES string of the molecule is CCCNC(=O)c1c(NC(=O)C2CCCCCC2)sc2c1CCOC2. The van der Waals surface area contributed by atoms with Gasteiger partial charge >= 0.3 is 0 Å². The van der Waals surface area contributed by atoms with Crippen molar-refractivity contribution in [1.82, 2.24) is 5.32 Å². The topological polar surface area (TPSA) is 67.4 Å². The average Bonchev–Trinajstić information content (AvgIpc) is 2.79. The predicted molar refractivity (Wildman–Crippen MR) is 100 cm³/mol. The van der Waals surface area contributed by atoms with E-state index in [2.05, 4.69) is 10.6 Å². The van der Waals surface area contributed by atoms with Crippen LogP contribution >= 0.6 is 11.3 Å². The van der Waals surface area contributed by atoms with E-state index in [1.165, 1.54) is 24.2 Å². The van der Waals surface area contributed by atoms with Gasteiger partial charge in [-0.15, -0.1) is 11.3 Å². The highest BCUT2D eigenvalue weighted by Crippen LogP contribution is 2.37. The van der Waals surface area contributed by atoms with E-state index >= 15 is 0 Å². The first-order valence-electron chi connectivity index (χ1n) is 9.52. The number of rotatable bonds is 5. The first-order valence-corrected chi connectivity index (χ1v) is 10.3. The van der Waals surface area contributed by atoms with Crippen molar-refractivity contribution >= 4 is 28.2 Å². The van der Waals surface area contributed by atoms with Crippen LogP contribution in [-0.2, 0) is 22.6 Å². The molecule has 1 fully saturated rings. The van der Waals surface area contributed by atoms with E-state index in [0.29, 0.717) is 30.3 Å². The normalized spacial score (nSPS) is 18.3. The maximum Gasteiger partial charge on any atom is 0.254 e. The summed E-state index contributed by atoms with van der Waals surface area (Å²) in [5.41, 5.74) is 1.72. The third-order valence-electron chi connectivity index (χ3n) is 5.05.